The summed E-state index contributed by atoms with van der Waals surface area (Å²) in [5, 5.41) is 5.02. The molecule has 0 spiro atoms. The zero-order valence-corrected chi connectivity index (χ0v) is 28.7. The lowest BCUT2D eigenvalue weighted by Gasteiger charge is -2.42. The maximum absolute atomic E-state index is 2.50. The van der Waals surface area contributed by atoms with Gasteiger partial charge in [0.15, 0.2) is 0 Å². The first-order valence-electron chi connectivity index (χ1n) is 17.4. The fourth-order valence-corrected chi connectivity index (χ4v) is 11.9. The second kappa shape index (κ2) is 11.9. The number of nitrogens with zero attached hydrogens (tertiary/aromatic N) is 2. The minimum absolute atomic E-state index is 1.15. The van der Waals surface area contributed by atoms with Crippen LogP contribution in [0.2, 0.25) is 0 Å². The molecule has 8 aromatic carbocycles. The Balaban J connectivity index is 1.36. The molecule has 2 heterocycles. The van der Waals surface area contributed by atoms with Crippen molar-refractivity contribution >= 4 is 53.6 Å². The smallest absolute Gasteiger partial charge is 0.0562 e. The Kier molecular flexibility index (Phi) is 6.93. The highest BCUT2D eigenvalue weighted by Gasteiger charge is 2.34. The molecule has 2 nitrogen and oxygen atoms in total. The van der Waals surface area contributed by atoms with Crippen LogP contribution < -0.4 is 0 Å². The van der Waals surface area contributed by atoms with Crippen molar-refractivity contribution in [2.45, 2.75) is 19.6 Å². The highest BCUT2D eigenvalue weighted by Crippen LogP contribution is 2.73. The Bertz CT molecular complexity index is 2730. The maximum atomic E-state index is 2.50. The first-order chi connectivity index (χ1) is 25.3. The van der Waals surface area contributed by atoms with Crippen LogP contribution in [0.15, 0.2) is 226 Å². The predicted octanol–water partition coefficient (Wildman–Crippen LogP) is 13.2. The Morgan fingerprint density at radius 1 is 0.255 bits per heavy atom. The topological polar surface area (TPSA) is 9.86 Å². The molecule has 10 aromatic rings. The number of hydrogen-bond acceptors (Lipinski definition) is 0. The highest BCUT2D eigenvalue weighted by molar-refractivity contribution is 8.34. The van der Waals surface area contributed by atoms with Crippen LogP contribution in [0.1, 0.15) is 0 Å². The van der Waals surface area contributed by atoms with Crippen molar-refractivity contribution in [3.05, 3.63) is 206 Å². The molecule has 0 aliphatic rings. The molecule has 3 heteroatoms. The quantitative estimate of drug-likeness (QED) is 0.167. The lowest BCUT2D eigenvalue weighted by atomic mass is 10.1. The summed E-state index contributed by atoms with van der Waals surface area (Å²) in [5.41, 5.74) is 7.12. The van der Waals surface area contributed by atoms with E-state index in [9.17, 15) is 0 Å². The van der Waals surface area contributed by atoms with Gasteiger partial charge in [-0.25, -0.2) is 0 Å². The van der Waals surface area contributed by atoms with Crippen LogP contribution in [-0.2, 0) is 0 Å². The summed E-state index contributed by atoms with van der Waals surface area (Å²) >= 11 is 0. The van der Waals surface area contributed by atoms with Crippen molar-refractivity contribution in [1.29, 1.82) is 0 Å². The Hall–Kier alpha value is -6.29. The van der Waals surface area contributed by atoms with Gasteiger partial charge in [-0.3, -0.25) is 0 Å². The Labute approximate surface area is 298 Å². The van der Waals surface area contributed by atoms with E-state index < -0.39 is 10.0 Å². The van der Waals surface area contributed by atoms with Crippen molar-refractivity contribution < 1.29 is 0 Å². The lowest BCUT2D eigenvalue weighted by molar-refractivity contribution is 1.16. The van der Waals surface area contributed by atoms with Gasteiger partial charge in [0.05, 0.1) is 22.1 Å². The zero-order chi connectivity index (χ0) is 33.8. The van der Waals surface area contributed by atoms with Gasteiger partial charge in [0.25, 0.3) is 0 Å². The van der Waals surface area contributed by atoms with Crippen LogP contribution in [0.25, 0.3) is 55.0 Å². The average molecular weight is 671 g/mol. The summed E-state index contributed by atoms with van der Waals surface area (Å²) in [6, 6.07) is 75.8. The summed E-state index contributed by atoms with van der Waals surface area (Å²) < 4.78 is 4.86. The molecular formula is C48H34N2S. The maximum Gasteiger partial charge on any atom is 0.0562 e. The number of rotatable bonds is 6. The standard InChI is InChI=1S/C48H34N2S/c1-6-18-35(19-7-1)49-45-29-17-16-28-41(45)43-33-44-42-32-40(30-31-46(42)50(48(44)34-47(43)49)36-20-8-2-9-21-36)51(37-22-10-3-11-23-37,38-24-12-4-13-25-38)39-26-14-5-15-27-39/h1-34H. The van der Waals surface area contributed by atoms with Crippen molar-refractivity contribution in [3.63, 3.8) is 0 Å². The van der Waals surface area contributed by atoms with Gasteiger partial charge in [-0.05, 0) is 97.1 Å². The fourth-order valence-electron chi connectivity index (χ4n) is 8.05. The summed E-state index contributed by atoms with van der Waals surface area (Å²) in [6.07, 6.45) is 0. The normalized spacial score (nSPS) is 12.2. The fraction of sp³-hybridized carbons (Fsp3) is 0. The summed E-state index contributed by atoms with van der Waals surface area (Å²) in [5.74, 6) is 0. The van der Waals surface area contributed by atoms with E-state index in [0.29, 0.717) is 0 Å². The molecule has 51 heavy (non-hydrogen) atoms. The number of hydrogen-bond donors (Lipinski definition) is 0. The van der Waals surface area contributed by atoms with E-state index in [2.05, 4.69) is 215 Å². The number of fused-ring (bicyclic) bond motifs is 6. The van der Waals surface area contributed by atoms with E-state index in [-0.39, 0.29) is 0 Å². The lowest BCUT2D eigenvalue weighted by Crippen LogP contribution is -2.05. The molecule has 0 bridgehead atoms. The van der Waals surface area contributed by atoms with E-state index in [1.807, 2.05) is 0 Å². The van der Waals surface area contributed by atoms with E-state index in [4.69, 9.17) is 0 Å². The van der Waals surface area contributed by atoms with E-state index in [0.717, 1.165) is 11.4 Å². The molecule has 0 aliphatic carbocycles. The average Bonchev–Trinajstić information content (AvgIpc) is 3.71. The van der Waals surface area contributed by atoms with Gasteiger partial charge in [0.1, 0.15) is 0 Å². The molecule has 242 valence electrons. The Morgan fingerprint density at radius 3 is 1.16 bits per heavy atom. The van der Waals surface area contributed by atoms with E-state index in [1.54, 1.807) is 0 Å². The van der Waals surface area contributed by atoms with Crippen molar-refractivity contribution in [1.82, 2.24) is 9.13 Å². The second-order valence-corrected chi connectivity index (χ2v) is 16.1. The van der Waals surface area contributed by atoms with Gasteiger partial charge < -0.3 is 9.13 Å². The minimum Gasteiger partial charge on any atom is -0.309 e. The van der Waals surface area contributed by atoms with Gasteiger partial charge in [0, 0.05) is 52.5 Å². The molecule has 10 rings (SSSR count). The molecule has 0 atom stereocenters. The highest BCUT2D eigenvalue weighted by atomic mass is 32.3. The monoisotopic (exact) mass is 670 g/mol. The third kappa shape index (κ3) is 4.52. The molecule has 0 unspecified atom stereocenters. The van der Waals surface area contributed by atoms with Crippen molar-refractivity contribution in [3.8, 4) is 11.4 Å². The molecule has 0 radical (unpaired) electrons. The summed E-state index contributed by atoms with van der Waals surface area (Å²) in [7, 11) is -1.85. The first kappa shape index (κ1) is 29.6. The van der Waals surface area contributed by atoms with Crippen LogP contribution in [-0.4, -0.2) is 9.13 Å². The van der Waals surface area contributed by atoms with Gasteiger partial charge in [-0.1, -0.05) is 109 Å². The molecule has 0 N–H and O–H groups in total. The summed E-state index contributed by atoms with van der Waals surface area (Å²) in [4.78, 5) is 5.28. The van der Waals surface area contributed by atoms with Crippen molar-refractivity contribution in [2.24, 2.45) is 0 Å². The van der Waals surface area contributed by atoms with Crippen molar-refractivity contribution in [2.75, 3.05) is 0 Å². The zero-order valence-electron chi connectivity index (χ0n) is 27.9. The third-order valence-corrected chi connectivity index (χ3v) is 14.1. The third-order valence-electron chi connectivity index (χ3n) is 10.2. The molecule has 0 amide bonds. The molecule has 0 saturated carbocycles. The van der Waals surface area contributed by atoms with Crippen LogP contribution in [0.3, 0.4) is 0 Å². The van der Waals surface area contributed by atoms with Crippen LogP contribution in [0, 0.1) is 0 Å². The molecule has 0 saturated heterocycles. The predicted molar refractivity (Wildman–Crippen MR) is 215 cm³/mol. The van der Waals surface area contributed by atoms with Crippen LogP contribution in [0.5, 0.6) is 0 Å². The van der Waals surface area contributed by atoms with Gasteiger partial charge in [-0.15, -0.1) is 10.0 Å². The number of benzene rings is 8. The van der Waals surface area contributed by atoms with Gasteiger partial charge in [0.2, 0.25) is 0 Å². The Morgan fingerprint density at radius 2 is 0.647 bits per heavy atom. The SMILES string of the molecule is c1ccc(-n2c3ccccc3c3cc4c5cc(S(c6ccccc6)(c6ccccc6)c6ccccc6)ccc5n(-c5ccccc5)c4cc32)cc1. The molecule has 2 aromatic heterocycles. The first-order valence-corrected chi connectivity index (χ1v) is 19.1. The number of aromatic nitrogens is 2. The van der Waals surface area contributed by atoms with Gasteiger partial charge >= 0.3 is 0 Å². The van der Waals surface area contributed by atoms with Crippen LogP contribution >= 0.6 is 10.0 Å². The molecule has 0 fully saturated rings. The molecular weight excluding hydrogens is 637 g/mol. The molecule has 0 aliphatic heterocycles. The van der Waals surface area contributed by atoms with E-state index >= 15 is 0 Å². The van der Waals surface area contributed by atoms with Gasteiger partial charge in [-0.2, -0.15) is 0 Å². The van der Waals surface area contributed by atoms with E-state index in [1.165, 1.54) is 63.2 Å². The second-order valence-electron chi connectivity index (χ2n) is 13.0. The summed E-state index contributed by atoms with van der Waals surface area (Å²) in [6.45, 7) is 0. The minimum atomic E-state index is -1.85. The largest absolute Gasteiger partial charge is 0.309 e. The number of para-hydroxylation sites is 3. The van der Waals surface area contributed by atoms with Crippen LogP contribution in [0.4, 0.5) is 0 Å².